The van der Waals surface area contributed by atoms with Crippen LogP contribution in [0.1, 0.15) is 71.1 Å². The molecule has 4 aromatic rings. The number of Topliss-reactive ketones (excluding diaryl/α,β-unsaturated/α-hetero) is 1. The number of pyridine rings is 1. The van der Waals surface area contributed by atoms with Gasteiger partial charge in [-0.05, 0) is 80.5 Å². The molecule has 1 N–H and O–H groups in total. The summed E-state index contributed by atoms with van der Waals surface area (Å²) < 4.78 is 44.9. The van der Waals surface area contributed by atoms with E-state index in [1.54, 1.807) is 30.3 Å². The average molecular weight is 536 g/mol. The maximum Gasteiger partial charge on any atom is 0.470 e. The van der Waals surface area contributed by atoms with Gasteiger partial charge in [-0.15, -0.1) is 10.2 Å². The minimum Gasteiger partial charge on any atom is -0.413 e. The normalized spacial score (nSPS) is 18.1. The predicted octanol–water partition coefficient (Wildman–Crippen LogP) is 5.90. The molecule has 0 bridgehead atoms. The quantitative estimate of drug-likeness (QED) is 0.305. The molecule has 1 fully saturated rings. The van der Waals surface area contributed by atoms with E-state index in [9.17, 15) is 28.3 Å². The Kier molecular flexibility index (Phi) is 7.06. The number of aliphatic hydroxyl groups is 1. The zero-order valence-corrected chi connectivity index (χ0v) is 20.9. The number of ketones is 1. The maximum atomic E-state index is 13.6. The molecular formula is C28H24F3N5O3. The van der Waals surface area contributed by atoms with Gasteiger partial charge in [0.15, 0.2) is 5.78 Å². The van der Waals surface area contributed by atoms with Crippen molar-refractivity contribution < 1.29 is 27.5 Å². The topological polar surface area (TPSA) is 118 Å². The van der Waals surface area contributed by atoms with E-state index in [-0.39, 0.29) is 23.7 Å². The zero-order valence-electron chi connectivity index (χ0n) is 20.9. The fourth-order valence-electron chi connectivity index (χ4n) is 5.04. The van der Waals surface area contributed by atoms with E-state index >= 15 is 0 Å². The van der Waals surface area contributed by atoms with Crippen molar-refractivity contribution in [1.29, 1.82) is 5.26 Å². The number of hydrogen-bond acceptors (Lipinski definition) is 7. The van der Waals surface area contributed by atoms with Crippen LogP contribution in [0, 0.1) is 24.2 Å². The Bertz CT molecular complexity index is 1590. The highest BCUT2D eigenvalue weighted by Gasteiger charge is 2.38. The number of benzene rings is 1. The van der Waals surface area contributed by atoms with Gasteiger partial charge in [-0.3, -0.25) is 9.78 Å². The largest absolute Gasteiger partial charge is 0.470 e. The maximum absolute atomic E-state index is 13.6. The Morgan fingerprint density at radius 2 is 1.90 bits per heavy atom. The standard InChI is InChI=1S/C28H24F3N5O3/c1-16-25(23(38)13-17-4-9-21(37)10-5-17)26-22(36(16)20-7-2-18(14-32)3-8-20)12-19(15-33-26)6-11-24-34-35-27(39-24)28(29,30)31/h2-3,6-8,11-12,15,17,21,37H,4-5,9-10,13H2,1H3. The third kappa shape index (κ3) is 5.47. The first kappa shape index (κ1) is 26.3. The zero-order chi connectivity index (χ0) is 27.7. The molecule has 0 radical (unpaired) electrons. The number of aromatic nitrogens is 4. The van der Waals surface area contributed by atoms with Crippen molar-refractivity contribution in [3.63, 3.8) is 0 Å². The van der Waals surface area contributed by atoms with Crippen LogP contribution in [0.2, 0.25) is 0 Å². The summed E-state index contributed by atoms with van der Waals surface area (Å²) in [5, 5.41) is 25.4. The summed E-state index contributed by atoms with van der Waals surface area (Å²) in [4.78, 5) is 18.1. The van der Waals surface area contributed by atoms with Crippen molar-refractivity contribution in [3.8, 4) is 11.8 Å². The number of fused-ring (bicyclic) bond motifs is 1. The van der Waals surface area contributed by atoms with Crippen molar-refractivity contribution in [2.24, 2.45) is 5.92 Å². The highest BCUT2D eigenvalue weighted by molar-refractivity contribution is 6.09. The van der Waals surface area contributed by atoms with Crippen LogP contribution in [0.4, 0.5) is 13.2 Å². The minimum absolute atomic E-state index is 0.0346. The van der Waals surface area contributed by atoms with Crippen LogP contribution in [0.3, 0.4) is 0 Å². The van der Waals surface area contributed by atoms with E-state index < -0.39 is 12.1 Å². The van der Waals surface area contributed by atoms with Crippen molar-refractivity contribution in [2.75, 3.05) is 0 Å². The van der Waals surface area contributed by atoms with Crippen LogP contribution in [-0.2, 0) is 6.18 Å². The lowest BCUT2D eigenvalue weighted by Crippen LogP contribution is -2.20. The molecule has 1 aliphatic rings. The van der Waals surface area contributed by atoms with Crippen LogP contribution in [-0.4, -0.2) is 36.7 Å². The van der Waals surface area contributed by atoms with Crippen molar-refractivity contribution in [1.82, 2.24) is 19.7 Å². The third-order valence-electron chi connectivity index (χ3n) is 6.99. The lowest BCUT2D eigenvalue weighted by atomic mass is 9.83. The molecule has 3 heterocycles. The molecule has 0 aliphatic heterocycles. The summed E-state index contributed by atoms with van der Waals surface area (Å²) in [5.74, 6) is -1.59. The molecule has 39 heavy (non-hydrogen) atoms. The van der Waals surface area contributed by atoms with Crippen LogP contribution >= 0.6 is 0 Å². The van der Waals surface area contributed by atoms with E-state index in [4.69, 9.17) is 0 Å². The molecular weight excluding hydrogens is 511 g/mol. The van der Waals surface area contributed by atoms with Crippen LogP contribution in [0.15, 0.2) is 40.9 Å². The molecule has 0 amide bonds. The summed E-state index contributed by atoms with van der Waals surface area (Å²) in [7, 11) is 0. The number of halogens is 3. The number of nitrogens with zero attached hydrogens (tertiary/aromatic N) is 5. The van der Waals surface area contributed by atoms with Crippen LogP contribution < -0.4 is 0 Å². The minimum atomic E-state index is -4.74. The van der Waals surface area contributed by atoms with Gasteiger partial charge >= 0.3 is 12.1 Å². The molecule has 11 heteroatoms. The second-order valence-electron chi connectivity index (χ2n) is 9.67. The van der Waals surface area contributed by atoms with Gasteiger partial charge in [-0.25, -0.2) is 0 Å². The molecule has 3 aromatic heterocycles. The van der Waals surface area contributed by atoms with Gasteiger partial charge in [0.05, 0.1) is 34.3 Å². The molecule has 0 spiro atoms. The van der Waals surface area contributed by atoms with Crippen molar-refractivity contribution in [3.05, 3.63) is 70.7 Å². The monoisotopic (exact) mass is 535 g/mol. The van der Waals surface area contributed by atoms with Crippen molar-refractivity contribution >= 4 is 29.0 Å². The Labute approximate surface area is 221 Å². The third-order valence-corrected chi connectivity index (χ3v) is 6.99. The highest BCUT2D eigenvalue weighted by Crippen LogP contribution is 2.34. The molecule has 200 valence electrons. The summed E-state index contributed by atoms with van der Waals surface area (Å²) in [5.41, 5.74) is 4.09. The first-order chi connectivity index (χ1) is 18.6. The van der Waals surface area contributed by atoms with Crippen LogP contribution in [0.5, 0.6) is 0 Å². The summed E-state index contributed by atoms with van der Waals surface area (Å²) >= 11 is 0. The molecule has 0 saturated heterocycles. The van der Waals surface area contributed by atoms with E-state index in [0.717, 1.165) is 18.5 Å². The molecule has 1 aliphatic carbocycles. The van der Waals surface area contributed by atoms with E-state index in [2.05, 4.69) is 25.7 Å². The Hall–Kier alpha value is -4.30. The second kappa shape index (κ2) is 10.5. The van der Waals surface area contributed by atoms with Gasteiger partial charge in [0, 0.05) is 30.1 Å². The summed E-state index contributed by atoms with van der Waals surface area (Å²) in [6.45, 7) is 1.84. The van der Waals surface area contributed by atoms with Crippen molar-refractivity contribution in [2.45, 2.75) is 51.3 Å². The van der Waals surface area contributed by atoms with Gasteiger partial charge in [0.25, 0.3) is 0 Å². The molecule has 0 atom stereocenters. The molecule has 1 aromatic carbocycles. The molecule has 0 unspecified atom stereocenters. The lowest BCUT2D eigenvalue weighted by molar-refractivity contribution is -0.157. The fourth-order valence-corrected chi connectivity index (χ4v) is 5.04. The fraction of sp³-hybridized carbons (Fsp3) is 0.321. The SMILES string of the molecule is Cc1c(C(=O)CC2CCC(O)CC2)c2ncc(C=Cc3nnc(C(F)(F)F)o3)cc2n1-c1ccc(C#N)cc1. The number of nitriles is 1. The lowest BCUT2D eigenvalue weighted by Gasteiger charge is -2.24. The average Bonchev–Trinajstić information content (AvgIpc) is 3.51. The Morgan fingerprint density at radius 3 is 2.54 bits per heavy atom. The summed E-state index contributed by atoms with van der Waals surface area (Å²) in [6, 6.07) is 10.8. The van der Waals surface area contributed by atoms with Gasteiger partial charge in [0.1, 0.15) is 0 Å². The van der Waals surface area contributed by atoms with E-state index in [1.165, 1.54) is 18.3 Å². The van der Waals surface area contributed by atoms with Crippen LogP contribution in [0.25, 0.3) is 28.9 Å². The Morgan fingerprint density at radius 1 is 1.18 bits per heavy atom. The van der Waals surface area contributed by atoms with Gasteiger partial charge in [-0.2, -0.15) is 18.4 Å². The number of aliphatic hydroxyl groups excluding tert-OH is 1. The van der Waals surface area contributed by atoms with E-state index in [1.807, 2.05) is 11.5 Å². The number of carbonyl (C=O) groups is 1. The van der Waals surface area contributed by atoms with E-state index in [0.29, 0.717) is 52.7 Å². The predicted molar refractivity (Wildman–Crippen MR) is 136 cm³/mol. The second-order valence-corrected chi connectivity index (χ2v) is 9.67. The number of hydrogen-bond donors (Lipinski definition) is 1. The summed E-state index contributed by atoms with van der Waals surface area (Å²) in [6.07, 6.45) is 2.53. The first-order valence-electron chi connectivity index (χ1n) is 12.5. The van der Waals surface area contributed by atoms with Gasteiger partial charge in [-0.1, -0.05) is 0 Å². The molecule has 5 rings (SSSR count). The van der Waals surface area contributed by atoms with Gasteiger partial charge in [0.2, 0.25) is 5.89 Å². The molecule has 8 nitrogen and oxygen atoms in total. The number of alkyl halides is 3. The molecule has 1 saturated carbocycles. The highest BCUT2D eigenvalue weighted by atomic mass is 19.4. The number of carbonyl (C=O) groups excluding carboxylic acids is 1. The smallest absolute Gasteiger partial charge is 0.413 e. The van der Waals surface area contributed by atoms with Gasteiger partial charge < -0.3 is 14.1 Å². The Balaban J connectivity index is 1.54. The number of rotatable bonds is 6. The first-order valence-corrected chi connectivity index (χ1v) is 12.5.